The molecule has 3 heterocycles. The van der Waals surface area contributed by atoms with Crippen molar-refractivity contribution in [2.75, 3.05) is 26.2 Å². The number of ether oxygens (including phenoxy) is 1. The largest absolute Gasteiger partial charge is 0.489 e. The summed E-state index contributed by atoms with van der Waals surface area (Å²) in [5, 5.41) is 4.60. The lowest BCUT2D eigenvalue weighted by atomic mass is 10.1. The maximum absolute atomic E-state index is 13.1. The molecule has 0 bridgehead atoms. The summed E-state index contributed by atoms with van der Waals surface area (Å²) in [6.45, 7) is 5.59. The predicted molar refractivity (Wildman–Crippen MR) is 112 cm³/mol. The zero-order valence-corrected chi connectivity index (χ0v) is 17.5. The number of rotatable bonds is 6. The van der Waals surface area contributed by atoms with Gasteiger partial charge in [0, 0.05) is 43.9 Å². The highest BCUT2D eigenvalue weighted by atomic mass is 35.5. The van der Waals surface area contributed by atoms with Crippen LogP contribution in [0.1, 0.15) is 27.5 Å². The second kappa shape index (κ2) is 9.28. The van der Waals surface area contributed by atoms with Crippen molar-refractivity contribution in [3.63, 3.8) is 0 Å². The molecule has 2 aromatic heterocycles. The maximum atomic E-state index is 13.1. The lowest BCUT2D eigenvalue weighted by molar-refractivity contribution is 0.0615. The number of hydrogen-bond acceptors (Lipinski definition) is 6. The van der Waals surface area contributed by atoms with Gasteiger partial charge in [0.15, 0.2) is 5.69 Å². The highest BCUT2D eigenvalue weighted by molar-refractivity contribution is 6.30. The van der Waals surface area contributed by atoms with Gasteiger partial charge in [-0.2, -0.15) is 0 Å². The van der Waals surface area contributed by atoms with E-state index in [1.807, 2.05) is 35.2 Å². The molecule has 0 aliphatic carbocycles. The van der Waals surface area contributed by atoms with Gasteiger partial charge >= 0.3 is 0 Å². The summed E-state index contributed by atoms with van der Waals surface area (Å²) in [4.78, 5) is 21.5. The Labute approximate surface area is 180 Å². The van der Waals surface area contributed by atoms with E-state index in [9.17, 15) is 4.79 Å². The van der Waals surface area contributed by atoms with Crippen molar-refractivity contribution < 1.29 is 14.1 Å². The molecule has 0 spiro atoms. The third kappa shape index (κ3) is 4.80. The second-order valence-corrected chi connectivity index (χ2v) is 7.64. The normalized spacial score (nSPS) is 14.7. The van der Waals surface area contributed by atoms with E-state index in [4.69, 9.17) is 20.9 Å². The van der Waals surface area contributed by atoms with Gasteiger partial charge in [-0.1, -0.05) is 28.9 Å². The minimum atomic E-state index is -0.131. The molecule has 0 unspecified atom stereocenters. The predicted octanol–water partition coefficient (Wildman–Crippen LogP) is 3.57. The fourth-order valence-electron chi connectivity index (χ4n) is 3.42. The molecule has 1 aromatic carbocycles. The molecular weight excluding hydrogens is 404 g/mol. The van der Waals surface area contributed by atoms with Crippen LogP contribution in [0.5, 0.6) is 5.75 Å². The molecule has 0 radical (unpaired) electrons. The highest BCUT2D eigenvalue weighted by Crippen LogP contribution is 2.22. The molecular formula is C22H23ClN4O3. The minimum absolute atomic E-state index is 0.131. The number of amides is 1. The molecule has 8 heteroatoms. The van der Waals surface area contributed by atoms with Gasteiger partial charge in [0.05, 0.1) is 11.3 Å². The third-order valence-electron chi connectivity index (χ3n) is 5.14. The van der Waals surface area contributed by atoms with Gasteiger partial charge in [-0.3, -0.25) is 14.7 Å². The average molecular weight is 427 g/mol. The van der Waals surface area contributed by atoms with Crippen LogP contribution >= 0.6 is 11.6 Å². The number of benzene rings is 1. The molecule has 4 rings (SSSR count). The van der Waals surface area contributed by atoms with Crippen LogP contribution < -0.4 is 4.74 Å². The van der Waals surface area contributed by atoms with E-state index in [-0.39, 0.29) is 12.5 Å². The SMILES string of the molecule is Cc1onc(C(=O)N2CCN(Cc3ccccn3)CC2)c1COc1cccc(Cl)c1. The first-order valence-corrected chi connectivity index (χ1v) is 10.2. The number of carbonyl (C=O) groups is 1. The molecule has 1 saturated heterocycles. The van der Waals surface area contributed by atoms with Crippen LogP contribution in [0.15, 0.2) is 53.2 Å². The molecule has 0 saturated carbocycles. The second-order valence-electron chi connectivity index (χ2n) is 7.20. The van der Waals surface area contributed by atoms with Gasteiger partial charge in [-0.15, -0.1) is 0 Å². The standard InChI is InChI=1S/C22H23ClN4O3/c1-16-20(15-29-19-7-4-5-17(23)13-19)21(25-30-16)22(28)27-11-9-26(10-12-27)14-18-6-2-3-8-24-18/h2-8,13H,9-12,14-15H2,1H3. The van der Waals surface area contributed by atoms with Crippen LogP contribution in [-0.2, 0) is 13.2 Å². The number of aromatic nitrogens is 2. The summed E-state index contributed by atoms with van der Waals surface area (Å²) in [6, 6.07) is 13.1. The molecule has 0 atom stereocenters. The summed E-state index contributed by atoms with van der Waals surface area (Å²) < 4.78 is 11.1. The molecule has 7 nitrogen and oxygen atoms in total. The van der Waals surface area contributed by atoms with Gasteiger partial charge in [0.25, 0.3) is 5.91 Å². The topological polar surface area (TPSA) is 71.7 Å². The number of hydrogen-bond donors (Lipinski definition) is 0. The Bertz CT molecular complexity index is 1000. The van der Waals surface area contributed by atoms with Gasteiger partial charge in [0.2, 0.25) is 0 Å². The van der Waals surface area contributed by atoms with Crippen LogP contribution in [0, 0.1) is 6.92 Å². The molecule has 1 aliphatic heterocycles. The van der Waals surface area contributed by atoms with Crippen LogP contribution in [-0.4, -0.2) is 52.0 Å². The van der Waals surface area contributed by atoms with Crippen LogP contribution in [0.25, 0.3) is 0 Å². The van der Waals surface area contributed by atoms with Crippen molar-refractivity contribution in [1.82, 2.24) is 19.9 Å². The quantitative estimate of drug-likeness (QED) is 0.600. The van der Waals surface area contributed by atoms with Crippen molar-refractivity contribution >= 4 is 17.5 Å². The Morgan fingerprint density at radius 3 is 2.73 bits per heavy atom. The van der Waals surface area contributed by atoms with Gasteiger partial charge in [-0.05, 0) is 37.3 Å². The van der Waals surface area contributed by atoms with Crippen molar-refractivity contribution in [2.45, 2.75) is 20.1 Å². The smallest absolute Gasteiger partial charge is 0.276 e. The number of aryl methyl sites for hydroxylation is 1. The van der Waals surface area contributed by atoms with E-state index in [1.54, 1.807) is 25.3 Å². The van der Waals surface area contributed by atoms with E-state index in [1.165, 1.54) is 0 Å². The van der Waals surface area contributed by atoms with Crippen molar-refractivity contribution in [1.29, 1.82) is 0 Å². The summed E-state index contributed by atoms with van der Waals surface area (Å²) in [5.41, 5.74) is 2.01. The number of nitrogens with zero attached hydrogens (tertiary/aromatic N) is 4. The Morgan fingerprint density at radius 1 is 1.17 bits per heavy atom. The first-order chi connectivity index (χ1) is 14.6. The number of carbonyl (C=O) groups excluding carboxylic acids is 1. The lowest BCUT2D eigenvalue weighted by Crippen LogP contribution is -2.48. The van der Waals surface area contributed by atoms with E-state index >= 15 is 0 Å². The molecule has 30 heavy (non-hydrogen) atoms. The zero-order chi connectivity index (χ0) is 20.9. The molecule has 3 aromatic rings. The van der Waals surface area contributed by atoms with Crippen molar-refractivity contribution in [2.24, 2.45) is 0 Å². The highest BCUT2D eigenvalue weighted by Gasteiger charge is 2.28. The first-order valence-electron chi connectivity index (χ1n) is 9.85. The monoisotopic (exact) mass is 426 g/mol. The number of pyridine rings is 1. The lowest BCUT2D eigenvalue weighted by Gasteiger charge is -2.34. The maximum Gasteiger partial charge on any atom is 0.276 e. The third-order valence-corrected chi connectivity index (χ3v) is 5.37. The minimum Gasteiger partial charge on any atom is -0.489 e. The molecule has 1 aliphatic rings. The van der Waals surface area contributed by atoms with Gasteiger partial charge in [-0.25, -0.2) is 0 Å². The van der Waals surface area contributed by atoms with Crippen LogP contribution in [0.3, 0.4) is 0 Å². The molecule has 0 N–H and O–H groups in total. The fraction of sp³-hybridized carbons (Fsp3) is 0.318. The van der Waals surface area contributed by atoms with Crippen LogP contribution in [0.2, 0.25) is 5.02 Å². The number of halogens is 1. The van der Waals surface area contributed by atoms with E-state index in [0.29, 0.717) is 40.9 Å². The summed E-state index contributed by atoms with van der Waals surface area (Å²) >= 11 is 6.00. The van der Waals surface area contributed by atoms with E-state index < -0.39 is 0 Å². The van der Waals surface area contributed by atoms with Gasteiger partial charge in [0.1, 0.15) is 18.1 Å². The van der Waals surface area contributed by atoms with Crippen molar-refractivity contribution in [3.05, 3.63) is 76.4 Å². The molecule has 1 amide bonds. The van der Waals surface area contributed by atoms with E-state index in [2.05, 4.69) is 15.0 Å². The molecule has 1 fully saturated rings. The first kappa shape index (κ1) is 20.4. The summed E-state index contributed by atoms with van der Waals surface area (Å²) in [5.74, 6) is 1.08. The summed E-state index contributed by atoms with van der Waals surface area (Å²) in [6.07, 6.45) is 1.80. The zero-order valence-electron chi connectivity index (χ0n) is 16.8. The average Bonchev–Trinajstić information content (AvgIpc) is 3.13. The van der Waals surface area contributed by atoms with Gasteiger partial charge < -0.3 is 14.2 Å². The van der Waals surface area contributed by atoms with Crippen LogP contribution in [0.4, 0.5) is 0 Å². The molecule has 156 valence electrons. The Balaban J connectivity index is 1.37. The Morgan fingerprint density at radius 2 is 2.00 bits per heavy atom. The Kier molecular flexibility index (Phi) is 6.30. The van der Waals surface area contributed by atoms with Crippen molar-refractivity contribution in [3.8, 4) is 5.75 Å². The Hall–Kier alpha value is -2.90. The number of piperazine rings is 1. The van der Waals surface area contributed by atoms with E-state index in [0.717, 1.165) is 25.3 Å². The summed E-state index contributed by atoms with van der Waals surface area (Å²) in [7, 11) is 0. The fourth-order valence-corrected chi connectivity index (χ4v) is 3.60.